The van der Waals surface area contributed by atoms with Gasteiger partial charge in [0.2, 0.25) is 0 Å². The highest BCUT2D eigenvalue weighted by atomic mass is 16.8. The largest absolute Gasteiger partial charge is 0.487 e. The summed E-state index contributed by atoms with van der Waals surface area (Å²) in [6.07, 6.45) is -28.2. The Labute approximate surface area is 514 Å². The van der Waals surface area contributed by atoms with Gasteiger partial charge in [0.05, 0.1) is 65.1 Å². The second kappa shape index (κ2) is 30.8. The maximum absolute atomic E-state index is 11.0. The molecule has 0 spiro atoms. The summed E-state index contributed by atoms with van der Waals surface area (Å²) in [6, 6.07) is 35.3. The number of aliphatic hydroxyl groups excluding tert-OH is 14. The van der Waals surface area contributed by atoms with Crippen molar-refractivity contribution in [1.82, 2.24) is 30.0 Å². The Balaban J connectivity index is 0.725. The van der Waals surface area contributed by atoms with Gasteiger partial charge in [-0.25, -0.2) is 9.36 Å². The van der Waals surface area contributed by atoms with E-state index in [0.717, 1.165) is 33.4 Å². The van der Waals surface area contributed by atoms with E-state index in [1.807, 2.05) is 109 Å². The SMILES string of the molecule is OC[C@H]1O[C@@H](O[C@H]2[C@H](O)[C@@H](O)[C@H](OCCn3cc(COc4ccc(/C(=C(\c5ccccc5)c5ccc(OCc6cn(CCO[C@@H]7O[C@H](CO)[C@@H](O[C@@H]8O[C@H](CO)[C@H](O)[C@H](O)[C@H]8O)[C@H](O)[C@H]7O)nn6)cc5)c5ccccc5)cc4)nn3)O[C@@H]2CO)[C@H](O)[C@@H](O)[C@H]1O. The van der Waals surface area contributed by atoms with E-state index in [1.165, 1.54) is 9.36 Å². The Hall–Kier alpha value is -6.38. The lowest BCUT2D eigenvalue weighted by Gasteiger charge is -2.45. The minimum Gasteiger partial charge on any atom is -0.487 e. The molecule has 30 heteroatoms. The van der Waals surface area contributed by atoms with Crippen LogP contribution in [0.25, 0.3) is 11.1 Å². The van der Waals surface area contributed by atoms with Crippen LogP contribution in [0.1, 0.15) is 33.6 Å². The van der Waals surface area contributed by atoms with Crippen LogP contribution < -0.4 is 9.47 Å². The van der Waals surface area contributed by atoms with E-state index in [1.54, 1.807) is 12.4 Å². The van der Waals surface area contributed by atoms with Crippen LogP contribution in [-0.4, -0.2) is 264 Å². The molecule has 4 aliphatic rings. The number of aromatic nitrogens is 6. The minimum atomic E-state index is -1.80. The molecule has 0 aliphatic carbocycles. The number of hydrogen-bond donors (Lipinski definition) is 14. The Bertz CT molecular complexity index is 2970. The van der Waals surface area contributed by atoms with E-state index in [2.05, 4.69) is 20.6 Å². The van der Waals surface area contributed by atoms with Crippen molar-refractivity contribution in [2.45, 2.75) is 149 Å². The van der Waals surface area contributed by atoms with Crippen molar-refractivity contribution in [3.63, 3.8) is 0 Å². The van der Waals surface area contributed by atoms with E-state index in [-0.39, 0.29) is 39.5 Å². The second-order valence-corrected chi connectivity index (χ2v) is 21.8. The fraction of sp³-hybridized carbons (Fsp3) is 0.500. The van der Waals surface area contributed by atoms with Gasteiger partial charge in [-0.15, -0.1) is 10.2 Å². The third kappa shape index (κ3) is 15.4. The first-order valence-corrected chi connectivity index (χ1v) is 29.1. The first kappa shape index (κ1) is 66.5. The molecule has 20 atom stereocenters. The Morgan fingerprint density at radius 2 is 0.711 bits per heavy atom. The highest BCUT2D eigenvalue weighted by Crippen LogP contribution is 2.39. The van der Waals surface area contributed by atoms with Crippen molar-refractivity contribution in [3.8, 4) is 11.5 Å². The van der Waals surface area contributed by atoms with Gasteiger partial charge in [0, 0.05) is 0 Å². The van der Waals surface area contributed by atoms with Crippen LogP contribution in [-0.2, 0) is 64.2 Å². The predicted octanol–water partition coefficient (Wildman–Crippen LogP) is -3.68. The molecule has 6 aromatic rings. The van der Waals surface area contributed by atoms with Gasteiger partial charge < -0.3 is 119 Å². The van der Waals surface area contributed by atoms with Crippen LogP contribution in [0.3, 0.4) is 0 Å². The number of rotatable bonds is 26. The van der Waals surface area contributed by atoms with Crippen molar-refractivity contribution < 1.29 is 119 Å². The standard InChI is InChI=1S/C60H74N6O24/c67-25-39-45(71)47(73)51(77)59(85-39)89-55-41(27-69)87-57(53(79)49(55)75)81-21-19-65-23-35(61-63-65)29-83-37-15-11-33(12-16-37)43(31-7-3-1-4-8-31)44(32-9-5-2-6-10-32)34-13-17-38(18-14-34)84-30-36-24-66(64-62-36)20-22-82-58-54(80)50(76)56(42(28-70)88-58)90-60-52(78)48(74)46(72)40(26-68)86-60/h1-18,23-24,39-42,45-60,67-80H,19-22,25-30H2/b44-43+/t39-,40-,41-,42-,45+,46+,47+,48+,49-,50-,51-,52-,53-,54-,55-,56-,57-,58-,59+,60+/m1/s1. The molecule has 0 bridgehead atoms. The van der Waals surface area contributed by atoms with Crippen LogP contribution in [0.4, 0.5) is 0 Å². The molecule has 10 rings (SSSR count). The molecule has 0 amide bonds. The first-order chi connectivity index (χ1) is 43.6. The lowest BCUT2D eigenvalue weighted by atomic mass is 9.86. The zero-order valence-corrected chi connectivity index (χ0v) is 48.2. The van der Waals surface area contributed by atoms with E-state index in [9.17, 15) is 71.5 Å². The summed E-state index contributed by atoms with van der Waals surface area (Å²) in [6.45, 7) is -2.62. The molecule has 0 unspecified atom stereocenters. The third-order valence-corrected chi connectivity index (χ3v) is 15.7. The average molecular weight is 1260 g/mol. The van der Waals surface area contributed by atoms with Gasteiger partial charge in [-0.1, -0.05) is 95.4 Å². The Morgan fingerprint density at radius 1 is 0.378 bits per heavy atom. The molecule has 0 saturated carbocycles. The lowest BCUT2D eigenvalue weighted by molar-refractivity contribution is -0.359. The molecule has 4 aliphatic heterocycles. The zero-order chi connectivity index (χ0) is 63.6. The number of nitrogens with zero attached hydrogens (tertiary/aromatic N) is 6. The average Bonchev–Trinajstić information content (AvgIpc) is 1.10. The highest BCUT2D eigenvalue weighted by molar-refractivity contribution is 6.04. The molecule has 4 fully saturated rings. The van der Waals surface area contributed by atoms with E-state index < -0.39 is 149 Å². The quantitative estimate of drug-likeness (QED) is 0.0233. The molecule has 4 aromatic carbocycles. The topological polar surface area (TPSA) is 437 Å². The molecule has 2 aromatic heterocycles. The molecule has 90 heavy (non-hydrogen) atoms. The molecule has 0 radical (unpaired) electrons. The van der Waals surface area contributed by atoms with Gasteiger partial charge in [-0.3, -0.25) is 0 Å². The minimum absolute atomic E-state index is 0.0624. The van der Waals surface area contributed by atoms with Gasteiger partial charge in [0.15, 0.2) is 25.2 Å². The summed E-state index contributed by atoms with van der Waals surface area (Å²) in [5.41, 5.74) is 6.60. The highest BCUT2D eigenvalue weighted by Gasteiger charge is 2.52. The molecule has 488 valence electrons. The lowest BCUT2D eigenvalue weighted by Crippen LogP contribution is -2.64. The first-order valence-electron chi connectivity index (χ1n) is 29.1. The fourth-order valence-corrected chi connectivity index (χ4v) is 10.8. The summed E-state index contributed by atoms with van der Waals surface area (Å²) in [5, 5.41) is 161. The Kier molecular flexibility index (Phi) is 22.8. The maximum atomic E-state index is 11.0. The van der Waals surface area contributed by atoms with Gasteiger partial charge in [-0.05, 0) is 57.7 Å². The van der Waals surface area contributed by atoms with Crippen LogP contribution in [0, 0.1) is 0 Å². The van der Waals surface area contributed by atoms with E-state index in [0.29, 0.717) is 22.9 Å². The summed E-state index contributed by atoms with van der Waals surface area (Å²) in [4.78, 5) is 0. The monoisotopic (exact) mass is 1260 g/mol. The smallest absolute Gasteiger partial charge is 0.187 e. The summed E-state index contributed by atoms with van der Waals surface area (Å²) < 4.78 is 60.1. The van der Waals surface area contributed by atoms with Gasteiger partial charge in [0.1, 0.15) is 134 Å². The molecule has 30 nitrogen and oxygen atoms in total. The van der Waals surface area contributed by atoms with E-state index >= 15 is 0 Å². The molecular formula is C60H74N6O24. The van der Waals surface area contributed by atoms with E-state index in [4.69, 9.17) is 47.4 Å². The summed E-state index contributed by atoms with van der Waals surface area (Å²) in [5.74, 6) is 1.12. The third-order valence-electron chi connectivity index (χ3n) is 15.7. The molecule has 14 N–H and O–H groups in total. The number of aliphatic hydroxyl groups is 14. The predicted molar refractivity (Wildman–Crippen MR) is 304 cm³/mol. The number of hydrogen-bond acceptors (Lipinski definition) is 28. The number of ether oxygens (including phenoxy) is 10. The van der Waals surface area contributed by atoms with Gasteiger partial charge in [-0.2, -0.15) is 0 Å². The molecule has 6 heterocycles. The molecule has 4 saturated heterocycles. The fourth-order valence-electron chi connectivity index (χ4n) is 10.8. The number of benzene rings is 4. The van der Waals surface area contributed by atoms with Crippen molar-refractivity contribution in [2.24, 2.45) is 0 Å². The van der Waals surface area contributed by atoms with Gasteiger partial charge in [0.25, 0.3) is 0 Å². The van der Waals surface area contributed by atoms with Crippen molar-refractivity contribution in [2.75, 3.05) is 39.6 Å². The van der Waals surface area contributed by atoms with Crippen LogP contribution in [0.15, 0.2) is 122 Å². The normalized spacial score (nSPS) is 32.5. The van der Waals surface area contributed by atoms with Crippen molar-refractivity contribution in [1.29, 1.82) is 0 Å². The zero-order valence-electron chi connectivity index (χ0n) is 48.2. The van der Waals surface area contributed by atoms with Crippen LogP contribution in [0.2, 0.25) is 0 Å². The molecular weight excluding hydrogens is 1190 g/mol. The van der Waals surface area contributed by atoms with Crippen molar-refractivity contribution >= 4 is 11.1 Å². The van der Waals surface area contributed by atoms with Gasteiger partial charge >= 0.3 is 0 Å². The van der Waals surface area contributed by atoms with Crippen LogP contribution in [0.5, 0.6) is 11.5 Å². The second-order valence-electron chi connectivity index (χ2n) is 21.8. The van der Waals surface area contributed by atoms with Crippen LogP contribution >= 0.6 is 0 Å². The van der Waals surface area contributed by atoms with Crippen molar-refractivity contribution in [3.05, 3.63) is 155 Å². The summed E-state index contributed by atoms with van der Waals surface area (Å²) >= 11 is 0. The maximum Gasteiger partial charge on any atom is 0.187 e. The Morgan fingerprint density at radius 3 is 1.07 bits per heavy atom. The summed E-state index contributed by atoms with van der Waals surface area (Å²) in [7, 11) is 0.